The number of hydrogen-bond acceptors (Lipinski definition) is 5. The van der Waals surface area contributed by atoms with Gasteiger partial charge >= 0.3 is 0 Å². The highest BCUT2D eigenvalue weighted by Gasteiger charge is 2.14. The van der Waals surface area contributed by atoms with Crippen molar-refractivity contribution in [1.29, 1.82) is 0 Å². The second-order valence-electron chi connectivity index (χ2n) is 5.26. The van der Waals surface area contributed by atoms with E-state index in [0.29, 0.717) is 30.8 Å². The molecule has 1 fully saturated rings. The van der Waals surface area contributed by atoms with Crippen LogP contribution in [0.1, 0.15) is 18.6 Å². The van der Waals surface area contributed by atoms with Gasteiger partial charge in [0.2, 0.25) is 0 Å². The largest absolute Gasteiger partial charge is 0.486 e. The Bertz CT molecular complexity index is 535. The van der Waals surface area contributed by atoms with Gasteiger partial charge in [0.1, 0.15) is 12.4 Å². The Kier molecular flexibility index (Phi) is 4.74. The van der Waals surface area contributed by atoms with E-state index < -0.39 is 0 Å². The Labute approximate surface area is 124 Å². The van der Waals surface area contributed by atoms with Crippen LogP contribution in [-0.2, 0) is 6.61 Å². The van der Waals surface area contributed by atoms with E-state index in [1.54, 1.807) is 6.07 Å². The average molecular weight is 288 g/mol. The maximum atomic E-state index is 5.68. The van der Waals surface area contributed by atoms with Crippen molar-refractivity contribution in [2.75, 3.05) is 19.7 Å². The summed E-state index contributed by atoms with van der Waals surface area (Å²) in [6.07, 6.45) is 2.41. The highest BCUT2D eigenvalue weighted by molar-refractivity contribution is 5.21. The molecule has 0 amide bonds. The van der Waals surface area contributed by atoms with E-state index in [4.69, 9.17) is 14.0 Å². The minimum absolute atomic E-state index is 0.353. The van der Waals surface area contributed by atoms with E-state index >= 15 is 0 Å². The van der Waals surface area contributed by atoms with Gasteiger partial charge in [0.25, 0.3) is 5.88 Å². The molecule has 1 unspecified atom stereocenters. The Morgan fingerprint density at radius 1 is 1.24 bits per heavy atom. The third-order valence-electron chi connectivity index (χ3n) is 3.53. The molecular weight excluding hydrogens is 268 g/mol. The summed E-state index contributed by atoms with van der Waals surface area (Å²) in [5, 5.41) is 7.29. The average Bonchev–Trinajstić information content (AvgIpc) is 3.01. The number of nitrogens with one attached hydrogen (secondary N) is 1. The molecule has 1 aromatic heterocycles. The third-order valence-corrected chi connectivity index (χ3v) is 3.53. The minimum atomic E-state index is 0.353. The van der Waals surface area contributed by atoms with Gasteiger partial charge in [-0.2, -0.15) is 0 Å². The van der Waals surface area contributed by atoms with Gasteiger partial charge in [-0.1, -0.05) is 18.2 Å². The molecule has 5 heteroatoms. The summed E-state index contributed by atoms with van der Waals surface area (Å²) in [4.78, 5) is 0. The molecule has 0 aliphatic carbocycles. The van der Waals surface area contributed by atoms with E-state index in [-0.39, 0.29) is 0 Å². The van der Waals surface area contributed by atoms with Gasteiger partial charge in [0.05, 0.1) is 6.61 Å². The molecule has 0 spiro atoms. The molecule has 2 heterocycles. The van der Waals surface area contributed by atoms with Crippen LogP contribution in [0.5, 0.6) is 11.6 Å². The minimum Gasteiger partial charge on any atom is -0.486 e. The van der Waals surface area contributed by atoms with Crippen LogP contribution in [0, 0.1) is 5.92 Å². The fourth-order valence-electron chi connectivity index (χ4n) is 2.37. The molecule has 1 N–H and O–H groups in total. The summed E-state index contributed by atoms with van der Waals surface area (Å²) in [5.74, 6) is 2.56. The van der Waals surface area contributed by atoms with Crippen LogP contribution in [0.3, 0.4) is 0 Å². The van der Waals surface area contributed by atoms with Crippen LogP contribution in [-0.4, -0.2) is 24.9 Å². The van der Waals surface area contributed by atoms with Gasteiger partial charge in [-0.3, -0.25) is 0 Å². The van der Waals surface area contributed by atoms with Gasteiger partial charge in [-0.05, 0) is 36.7 Å². The van der Waals surface area contributed by atoms with Crippen LogP contribution in [0.15, 0.2) is 40.9 Å². The second-order valence-corrected chi connectivity index (χ2v) is 5.26. The lowest BCUT2D eigenvalue weighted by Gasteiger charge is -2.21. The standard InChI is InChI=1S/C16H20N2O3/c1-2-6-14(7-3-1)19-12-15-9-16(18-21-15)20-11-13-5-4-8-17-10-13/h1-3,6-7,9,13,17H,4-5,8,10-12H2. The van der Waals surface area contributed by atoms with Crippen molar-refractivity contribution in [3.8, 4) is 11.6 Å². The van der Waals surface area contributed by atoms with Crippen molar-refractivity contribution in [1.82, 2.24) is 10.5 Å². The first-order valence-electron chi connectivity index (χ1n) is 7.37. The normalized spacial score (nSPS) is 18.4. The van der Waals surface area contributed by atoms with E-state index in [9.17, 15) is 0 Å². The van der Waals surface area contributed by atoms with Crippen molar-refractivity contribution >= 4 is 0 Å². The molecule has 3 rings (SSSR count). The van der Waals surface area contributed by atoms with Gasteiger partial charge in [-0.15, -0.1) is 0 Å². The van der Waals surface area contributed by atoms with E-state index in [1.165, 1.54) is 12.8 Å². The molecule has 1 aliphatic rings. The molecule has 1 saturated heterocycles. The number of hydrogen-bond donors (Lipinski definition) is 1. The molecule has 2 aromatic rings. The second kappa shape index (κ2) is 7.13. The molecule has 0 radical (unpaired) electrons. The van der Waals surface area contributed by atoms with Gasteiger partial charge in [-0.25, -0.2) is 0 Å². The van der Waals surface area contributed by atoms with Crippen molar-refractivity contribution in [3.05, 3.63) is 42.2 Å². The van der Waals surface area contributed by atoms with Crippen LogP contribution in [0.2, 0.25) is 0 Å². The Balaban J connectivity index is 1.45. The lowest BCUT2D eigenvalue weighted by Crippen LogP contribution is -2.33. The molecule has 112 valence electrons. The number of piperidine rings is 1. The van der Waals surface area contributed by atoms with Crippen LogP contribution in [0.25, 0.3) is 0 Å². The topological polar surface area (TPSA) is 56.5 Å². The molecular formula is C16H20N2O3. The monoisotopic (exact) mass is 288 g/mol. The number of nitrogens with zero attached hydrogens (tertiary/aromatic N) is 1. The summed E-state index contributed by atoms with van der Waals surface area (Å²) in [5.41, 5.74) is 0. The first-order valence-corrected chi connectivity index (χ1v) is 7.37. The van der Waals surface area contributed by atoms with Crippen molar-refractivity contribution in [2.24, 2.45) is 5.92 Å². The molecule has 1 aliphatic heterocycles. The summed E-state index contributed by atoms with van der Waals surface area (Å²) >= 11 is 0. The summed E-state index contributed by atoms with van der Waals surface area (Å²) in [6, 6.07) is 11.4. The number of rotatable bonds is 6. The quantitative estimate of drug-likeness (QED) is 0.885. The van der Waals surface area contributed by atoms with Crippen molar-refractivity contribution < 1.29 is 14.0 Å². The van der Waals surface area contributed by atoms with Crippen LogP contribution in [0.4, 0.5) is 0 Å². The summed E-state index contributed by atoms with van der Waals surface area (Å²) in [7, 11) is 0. The molecule has 5 nitrogen and oxygen atoms in total. The summed E-state index contributed by atoms with van der Waals surface area (Å²) < 4.78 is 16.5. The SMILES string of the molecule is c1ccc(OCc2cc(OCC3CCCNC3)no2)cc1. The fourth-order valence-corrected chi connectivity index (χ4v) is 2.37. The van der Waals surface area contributed by atoms with Gasteiger partial charge < -0.3 is 19.3 Å². The molecule has 0 bridgehead atoms. The van der Waals surface area contributed by atoms with Crippen LogP contribution < -0.4 is 14.8 Å². The molecule has 21 heavy (non-hydrogen) atoms. The van der Waals surface area contributed by atoms with E-state index in [1.807, 2.05) is 30.3 Å². The number of para-hydroxylation sites is 1. The predicted molar refractivity (Wildman–Crippen MR) is 78.4 cm³/mol. The Hall–Kier alpha value is -2.01. The zero-order chi connectivity index (χ0) is 14.3. The molecule has 1 atom stereocenters. The zero-order valence-electron chi connectivity index (χ0n) is 12.0. The predicted octanol–water partition coefficient (Wildman–Crippen LogP) is 2.63. The van der Waals surface area contributed by atoms with Crippen LogP contribution >= 0.6 is 0 Å². The third kappa shape index (κ3) is 4.23. The highest BCUT2D eigenvalue weighted by Crippen LogP contribution is 2.17. The molecule has 1 aromatic carbocycles. The number of benzene rings is 1. The number of ether oxygens (including phenoxy) is 2. The van der Waals surface area contributed by atoms with Gasteiger partial charge in [0, 0.05) is 18.5 Å². The van der Waals surface area contributed by atoms with Crippen molar-refractivity contribution in [3.63, 3.8) is 0 Å². The summed E-state index contributed by atoms with van der Waals surface area (Å²) in [6.45, 7) is 3.16. The fraction of sp³-hybridized carbons (Fsp3) is 0.438. The lowest BCUT2D eigenvalue weighted by atomic mass is 10.0. The first kappa shape index (κ1) is 13.9. The zero-order valence-corrected chi connectivity index (χ0v) is 12.0. The van der Waals surface area contributed by atoms with Crippen molar-refractivity contribution in [2.45, 2.75) is 19.4 Å². The van der Waals surface area contributed by atoms with E-state index in [2.05, 4.69) is 10.5 Å². The smallest absolute Gasteiger partial charge is 0.254 e. The first-order chi connectivity index (χ1) is 10.4. The maximum Gasteiger partial charge on any atom is 0.254 e. The van der Waals surface area contributed by atoms with E-state index in [0.717, 1.165) is 18.8 Å². The maximum absolute atomic E-state index is 5.68. The van der Waals surface area contributed by atoms with Gasteiger partial charge in [0.15, 0.2) is 5.76 Å². The highest BCUT2D eigenvalue weighted by atomic mass is 16.5. The lowest BCUT2D eigenvalue weighted by molar-refractivity contribution is 0.199. The molecule has 0 saturated carbocycles. The Morgan fingerprint density at radius 3 is 2.95 bits per heavy atom. The number of aromatic nitrogens is 1. The Morgan fingerprint density at radius 2 is 2.14 bits per heavy atom.